The summed E-state index contributed by atoms with van der Waals surface area (Å²) in [7, 11) is 0. The summed E-state index contributed by atoms with van der Waals surface area (Å²) in [6.45, 7) is 3.22. The van der Waals surface area contributed by atoms with E-state index in [4.69, 9.17) is 4.74 Å². The van der Waals surface area contributed by atoms with Crippen LogP contribution in [0.4, 0.5) is 10.5 Å². The van der Waals surface area contributed by atoms with Crippen LogP contribution in [0.25, 0.3) is 0 Å². The van der Waals surface area contributed by atoms with Crippen molar-refractivity contribution in [2.24, 2.45) is 0 Å². The molecular weight excluding hydrogens is 308 g/mol. The molecule has 4 nitrogen and oxygen atoms in total. The molecule has 0 saturated carbocycles. The number of nitrogens with zero attached hydrogens (tertiary/aromatic N) is 2. The normalized spacial score (nSPS) is 14.7. The Bertz CT molecular complexity index is 655. The Morgan fingerprint density at radius 2 is 1.61 bits per heavy atom. The predicted molar refractivity (Wildman–Crippen MR) is 94.1 cm³/mol. The number of benzene rings is 2. The van der Waals surface area contributed by atoms with Gasteiger partial charge in [-0.1, -0.05) is 42.5 Å². The van der Waals surface area contributed by atoms with E-state index < -0.39 is 0 Å². The van der Waals surface area contributed by atoms with Gasteiger partial charge in [0.05, 0.1) is 5.69 Å². The molecule has 1 saturated heterocycles. The predicted octanol–water partition coefficient (Wildman–Crippen LogP) is 3.43. The van der Waals surface area contributed by atoms with Gasteiger partial charge in [0.15, 0.2) is 0 Å². The van der Waals surface area contributed by atoms with E-state index in [2.05, 4.69) is 23.6 Å². The van der Waals surface area contributed by atoms with Crippen molar-refractivity contribution in [3.63, 3.8) is 0 Å². The summed E-state index contributed by atoms with van der Waals surface area (Å²) >= 11 is 4.50. The Labute approximate surface area is 142 Å². The molecule has 2 aromatic rings. The van der Waals surface area contributed by atoms with Gasteiger partial charge < -0.3 is 14.5 Å². The van der Waals surface area contributed by atoms with Crippen molar-refractivity contribution < 1.29 is 9.53 Å². The second kappa shape index (κ2) is 7.42. The van der Waals surface area contributed by atoms with Crippen LogP contribution in [-0.2, 0) is 11.3 Å². The number of piperazine rings is 1. The number of hydrogen-bond donors (Lipinski definition) is 1. The smallest absolute Gasteiger partial charge is 0.410 e. The fourth-order valence-corrected chi connectivity index (χ4v) is 2.97. The number of para-hydroxylation sites is 1. The number of carbonyl (C=O) groups excluding carboxylic acids is 1. The van der Waals surface area contributed by atoms with Gasteiger partial charge in [-0.25, -0.2) is 4.79 Å². The number of thiol groups is 1. The molecule has 1 amide bonds. The van der Waals surface area contributed by atoms with Crippen LogP contribution >= 0.6 is 12.6 Å². The maximum atomic E-state index is 12.2. The summed E-state index contributed by atoms with van der Waals surface area (Å²) in [5.41, 5.74) is 2.12. The van der Waals surface area contributed by atoms with Crippen LogP contribution < -0.4 is 4.90 Å². The van der Waals surface area contributed by atoms with E-state index in [1.165, 1.54) is 0 Å². The Morgan fingerprint density at radius 1 is 0.957 bits per heavy atom. The molecule has 0 atom stereocenters. The summed E-state index contributed by atoms with van der Waals surface area (Å²) in [6, 6.07) is 17.8. The molecule has 0 unspecified atom stereocenters. The van der Waals surface area contributed by atoms with E-state index in [0.717, 1.165) is 29.2 Å². The number of ether oxygens (including phenoxy) is 1. The lowest BCUT2D eigenvalue weighted by Gasteiger charge is -2.36. The summed E-state index contributed by atoms with van der Waals surface area (Å²) in [4.78, 5) is 17.1. The standard InChI is InChI=1S/C18H20N2O2S/c21-18(22-14-15-6-2-1-3-7-15)20-12-10-19(11-13-20)16-8-4-5-9-17(16)23/h1-9,23H,10-14H2. The molecule has 2 aromatic carbocycles. The molecule has 1 aliphatic heterocycles. The third-order valence-electron chi connectivity index (χ3n) is 3.97. The quantitative estimate of drug-likeness (QED) is 0.876. The molecule has 0 bridgehead atoms. The Morgan fingerprint density at radius 3 is 2.30 bits per heavy atom. The zero-order valence-electron chi connectivity index (χ0n) is 12.9. The lowest BCUT2D eigenvalue weighted by atomic mass is 10.2. The zero-order chi connectivity index (χ0) is 16.1. The van der Waals surface area contributed by atoms with Gasteiger partial charge in [0.25, 0.3) is 0 Å². The van der Waals surface area contributed by atoms with Gasteiger partial charge in [-0.3, -0.25) is 0 Å². The van der Waals surface area contributed by atoms with Gasteiger partial charge in [-0.05, 0) is 17.7 Å². The molecular formula is C18H20N2O2S. The number of amides is 1. The molecule has 1 fully saturated rings. The van der Waals surface area contributed by atoms with Crippen LogP contribution in [0.15, 0.2) is 59.5 Å². The van der Waals surface area contributed by atoms with Crippen LogP contribution in [0, 0.1) is 0 Å². The summed E-state index contributed by atoms with van der Waals surface area (Å²) in [5.74, 6) is 0. The van der Waals surface area contributed by atoms with Crippen molar-refractivity contribution in [3.8, 4) is 0 Å². The van der Waals surface area contributed by atoms with Crippen molar-refractivity contribution in [2.75, 3.05) is 31.1 Å². The van der Waals surface area contributed by atoms with E-state index >= 15 is 0 Å². The number of anilines is 1. The van der Waals surface area contributed by atoms with Crippen LogP contribution in [0.3, 0.4) is 0 Å². The topological polar surface area (TPSA) is 32.8 Å². The van der Waals surface area contributed by atoms with Crippen molar-refractivity contribution >= 4 is 24.4 Å². The molecule has 120 valence electrons. The van der Waals surface area contributed by atoms with E-state index in [0.29, 0.717) is 19.7 Å². The molecule has 23 heavy (non-hydrogen) atoms. The highest BCUT2D eigenvalue weighted by atomic mass is 32.1. The van der Waals surface area contributed by atoms with Crippen LogP contribution in [0.2, 0.25) is 0 Å². The molecule has 5 heteroatoms. The third-order valence-corrected chi connectivity index (χ3v) is 4.34. The largest absolute Gasteiger partial charge is 0.445 e. The Kier molecular flexibility index (Phi) is 5.08. The first kappa shape index (κ1) is 15.7. The number of rotatable bonds is 3. The minimum atomic E-state index is -0.243. The molecule has 3 rings (SSSR count). The van der Waals surface area contributed by atoms with E-state index in [1.807, 2.05) is 48.5 Å². The summed E-state index contributed by atoms with van der Waals surface area (Å²) < 4.78 is 5.39. The first-order valence-electron chi connectivity index (χ1n) is 7.72. The molecule has 0 aromatic heterocycles. The van der Waals surface area contributed by atoms with E-state index in [1.54, 1.807) is 4.90 Å². The first-order valence-corrected chi connectivity index (χ1v) is 8.17. The molecule has 0 N–H and O–H groups in total. The van der Waals surface area contributed by atoms with E-state index in [9.17, 15) is 4.79 Å². The average Bonchev–Trinajstić information content (AvgIpc) is 2.61. The molecule has 0 radical (unpaired) electrons. The van der Waals surface area contributed by atoms with Crippen LogP contribution in [-0.4, -0.2) is 37.2 Å². The van der Waals surface area contributed by atoms with Gasteiger partial charge in [-0.15, -0.1) is 12.6 Å². The van der Waals surface area contributed by atoms with Crippen LogP contribution in [0.1, 0.15) is 5.56 Å². The Balaban J connectivity index is 1.50. The van der Waals surface area contributed by atoms with Crippen molar-refractivity contribution in [1.82, 2.24) is 4.90 Å². The van der Waals surface area contributed by atoms with Crippen molar-refractivity contribution in [2.45, 2.75) is 11.5 Å². The van der Waals surface area contributed by atoms with Crippen molar-refractivity contribution in [3.05, 3.63) is 60.2 Å². The summed E-state index contributed by atoms with van der Waals surface area (Å²) in [5, 5.41) is 0. The maximum Gasteiger partial charge on any atom is 0.410 e. The van der Waals surface area contributed by atoms with Crippen LogP contribution in [0.5, 0.6) is 0 Å². The van der Waals surface area contributed by atoms with Gasteiger partial charge >= 0.3 is 6.09 Å². The molecule has 0 spiro atoms. The highest BCUT2D eigenvalue weighted by Gasteiger charge is 2.23. The Hall–Kier alpha value is -2.14. The highest BCUT2D eigenvalue weighted by molar-refractivity contribution is 7.80. The fourth-order valence-electron chi connectivity index (χ4n) is 2.67. The fraction of sp³-hybridized carbons (Fsp3) is 0.278. The first-order chi connectivity index (χ1) is 11.2. The molecule has 1 aliphatic rings. The minimum Gasteiger partial charge on any atom is -0.445 e. The van der Waals surface area contributed by atoms with Gasteiger partial charge in [0, 0.05) is 31.1 Å². The lowest BCUT2D eigenvalue weighted by Crippen LogP contribution is -2.49. The van der Waals surface area contributed by atoms with E-state index in [-0.39, 0.29) is 6.09 Å². The molecule has 1 heterocycles. The second-order valence-electron chi connectivity index (χ2n) is 5.50. The summed E-state index contributed by atoms with van der Waals surface area (Å²) in [6.07, 6.45) is -0.243. The SMILES string of the molecule is O=C(OCc1ccccc1)N1CCN(c2ccccc2S)CC1. The zero-order valence-corrected chi connectivity index (χ0v) is 13.8. The number of hydrogen-bond acceptors (Lipinski definition) is 4. The average molecular weight is 328 g/mol. The third kappa shape index (κ3) is 3.99. The highest BCUT2D eigenvalue weighted by Crippen LogP contribution is 2.24. The van der Waals surface area contributed by atoms with Gasteiger partial charge in [-0.2, -0.15) is 0 Å². The van der Waals surface area contributed by atoms with Gasteiger partial charge in [0.1, 0.15) is 6.61 Å². The lowest BCUT2D eigenvalue weighted by molar-refractivity contribution is 0.0941. The van der Waals surface area contributed by atoms with Crippen molar-refractivity contribution in [1.29, 1.82) is 0 Å². The monoisotopic (exact) mass is 328 g/mol. The number of carbonyl (C=O) groups is 1. The minimum absolute atomic E-state index is 0.243. The van der Waals surface area contributed by atoms with Gasteiger partial charge in [0.2, 0.25) is 0 Å². The molecule has 0 aliphatic carbocycles. The second-order valence-corrected chi connectivity index (χ2v) is 5.98. The maximum absolute atomic E-state index is 12.2.